The molecule has 140 valence electrons. The van der Waals surface area contributed by atoms with Crippen LogP contribution in [0.1, 0.15) is 0 Å². The number of rotatable bonds is 5. The van der Waals surface area contributed by atoms with Crippen LogP contribution in [0, 0.1) is 11.3 Å². The Kier molecular flexibility index (Phi) is 6.01. The van der Waals surface area contributed by atoms with Crippen LogP contribution in [0.25, 0.3) is 0 Å². The second-order valence-corrected chi connectivity index (χ2v) is 11.2. The summed E-state index contributed by atoms with van der Waals surface area (Å²) in [5.74, 6) is 0. The van der Waals surface area contributed by atoms with E-state index in [1.165, 1.54) is 15.9 Å². The van der Waals surface area contributed by atoms with E-state index >= 15 is 0 Å². The quantitative estimate of drug-likeness (QED) is 0.324. The molecule has 0 unspecified atom stereocenters. The van der Waals surface area contributed by atoms with Crippen molar-refractivity contribution in [3.63, 3.8) is 0 Å². The van der Waals surface area contributed by atoms with Crippen molar-refractivity contribution in [1.29, 1.82) is 5.26 Å². The first kappa shape index (κ1) is 19.3. The zero-order chi connectivity index (χ0) is 19.9. The molecule has 1 nitrogen and oxygen atoms in total. The Morgan fingerprint density at radius 3 is 1.24 bits per heavy atom. The summed E-state index contributed by atoms with van der Waals surface area (Å²) in [6.45, 7) is -2.31. The highest BCUT2D eigenvalue weighted by Crippen LogP contribution is 2.49. The van der Waals surface area contributed by atoms with Crippen LogP contribution in [0.2, 0.25) is 0 Å². The molecule has 4 rings (SSSR count). The summed E-state index contributed by atoms with van der Waals surface area (Å²) in [5.41, 5.74) is 0. The zero-order valence-corrected chi connectivity index (χ0v) is 17.6. The van der Waals surface area contributed by atoms with Crippen LogP contribution >= 0.6 is 18.6 Å². The number of nitriles is 1. The SMILES string of the molecule is N#CC(Sc1ccccc1)=P(c1ccccc1)(c1ccccc1)c1ccccc1. The van der Waals surface area contributed by atoms with Crippen molar-refractivity contribution in [2.75, 3.05) is 0 Å². The average molecular weight is 409 g/mol. The van der Waals surface area contributed by atoms with Crippen molar-refractivity contribution in [2.45, 2.75) is 4.90 Å². The average Bonchev–Trinajstić information content (AvgIpc) is 2.82. The molecule has 0 aliphatic rings. The molecule has 0 fully saturated rings. The van der Waals surface area contributed by atoms with Crippen LogP contribution in [0.3, 0.4) is 0 Å². The number of benzene rings is 4. The third-order valence-electron chi connectivity index (χ3n) is 4.79. The van der Waals surface area contributed by atoms with E-state index in [1.54, 1.807) is 11.8 Å². The van der Waals surface area contributed by atoms with Gasteiger partial charge < -0.3 is 0 Å². The third-order valence-corrected chi connectivity index (χ3v) is 10.6. The number of hydrogen-bond acceptors (Lipinski definition) is 2. The van der Waals surface area contributed by atoms with Gasteiger partial charge in [0.25, 0.3) is 0 Å². The molecule has 0 aromatic heterocycles. The highest BCUT2D eigenvalue weighted by atomic mass is 32.2. The lowest BCUT2D eigenvalue weighted by Gasteiger charge is -2.30. The van der Waals surface area contributed by atoms with Gasteiger partial charge in [-0.1, -0.05) is 121 Å². The van der Waals surface area contributed by atoms with Gasteiger partial charge in [-0.3, -0.25) is 0 Å². The molecular formula is C26H20NPS. The molecule has 0 heterocycles. The van der Waals surface area contributed by atoms with Crippen molar-refractivity contribution in [1.82, 2.24) is 0 Å². The Hall–Kier alpha value is -2.98. The van der Waals surface area contributed by atoms with E-state index in [0.717, 1.165) is 9.52 Å². The highest BCUT2D eigenvalue weighted by molar-refractivity contribution is 8.25. The topological polar surface area (TPSA) is 23.8 Å². The first-order valence-electron chi connectivity index (χ1n) is 9.42. The summed E-state index contributed by atoms with van der Waals surface area (Å²) in [7, 11) is 0. The molecule has 0 spiro atoms. The van der Waals surface area contributed by atoms with Gasteiger partial charge in [-0.2, -0.15) is 5.26 Å². The van der Waals surface area contributed by atoms with Gasteiger partial charge in [0.2, 0.25) is 0 Å². The van der Waals surface area contributed by atoms with Gasteiger partial charge in [-0.05, 0) is 28.0 Å². The van der Waals surface area contributed by atoms with Crippen LogP contribution in [-0.4, -0.2) is 4.63 Å². The van der Waals surface area contributed by atoms with Crippen molar-refractivity contribution in [3.05, 3.63) is 121 Å². The van der Waals surface area contributed by atoms with Gasteiger partial charge in [0.15, 0.2) is 0 Å². The van der Waals surface area contributed by atoms with Crippen molar-refractivity contribution >= 4 is 39.2 Å². The monoisotopic (exact) mass is 409 g/mol. The van der Waals surface area contributed by atoms with Gasteiger partial charge >= 0.3 is 0 Å². The normalized spacial score (nSPS) is 10.9. The van der Waals surface area contributed by atoms with Crippen molar-refractivity contribution in [3.8, 4) is 6.07 Å². The standard InChI is InChI=1S/C26H20NPS/c27-21-26(29-25-19-11-4-12-20-25)28(22-13-5-1-6-14-22,23-15-7-2-8-16-23)24-17-9-3-10-18-24/h1-20H. The van der Waals surface area contributed by atoms with Crippen LogP contribution in [0.4, 0.5) is 0 Å². The molecule has 0 radical (unpaired) electrons. The van der Waals surface area contributed by atoms with Gasteiger partial charge in [-0.15, -0.1) is 0 Å². The third kappa shape index (κ3) is 3.81. The maximum Gasteiger partial charge on any atom is 0.108 e. The van der Waals surface area contributed by atoms with Crippen LogP contribution in [0.5, 0.6) is 0 Å². The minimum atomic E-state index is -2.31. The molecule has 0 saturated carbocycles. The second-order valence-electron chi connectivity index (χ2n) is 6.51. The molecule has 0 atom stereocenters. The molecule has 0 aliphatic carbocycles. The highest BCUT2D eigenvalue weighted by Gasteiger charge is 2.30. The molecule has 0 aliphatic heterocycles. The minimum Gasteiger partial charge on any atom is -0.192 e. The summed E-state index contributed by atoms with van der Waals surface area (Å²) in [6.07, 6.45) is 0. The van der Waals surface area contributed by atoms with Crippen molar-refractivity contribution in [2.24, 2.45) is 0 Å². The lowest BCUT2D eigenvalue weighted by molar-refractivity contribution is 1.48. The fourth-order valence-corrected chi connectivity index (χ4v) is 9.50. The Bertz CT molecular complexity index is 1060. The number of thioether (sulfide) groups is 1. The predicted octanol–water partition coefficient (Wildman–Crippen LogP) is 5.43. The van der Waals surface area contributed by atoms with E-state index in [1.807, 2.05) is 36.4 Å². The number of hydrogen-bond donors (Lipinski definition) is 0. The zero-order valence-electron chi connectivity index (χ0n) is 15.8. The van der Waals surface area contributed by atoms with Crippen LogP contribution < -0.4 is 15.9 Å². The fraction of sp³-hybridized carbons (Fsp3) is 0. The van der Waals surface area contributed by atoms with Gasteiger partial charge in [-0.25, -0.2) is 0 Å². The molecule has 0 bridgehead atoms. The van der Waals surface area contributed by atoms with Gasteiger partial charge in [0.1, 0.15) is 6.07 Å². The molecule has 0 N–H and O–H groups in total. The van der Waals surface area contributed by atoms with E-state index in [9.17, 15) is 5.26 Å². The molecule has 3 heteroatoms. The first-order chi connectivity index (χ1) is 14.4. The van der Waals surface area contributed by atoms with Crippen LogP contribution in [0.15, 0.2) is 126 Å². The maximum atomic E-state index is 10.4. The molecule has 4 aromatic rings. The summed E-state index contributed by atoms with van der Waals surface area (Å²) in [4.78, 5) is 1.08. The lowest BCUT2D eigenvalue weighted by atomic mass is 10.4. The van der Waals surface area contributed by atoms with E-state index in [2.05, 4.69) is 91.0 Å². The van der Waals surface area contributed by atoms with E-state index in [0.29, 0.717) is 0 Å². The van der Waals surface area contributed by atoms with Gasteiger partial charge in [0, 0.05) is 11.8 Å². The molecular weight excluding hydrogens is 389 g/mol. The molecule has 4 aromatic carbocycles. The fourth-order valence-electron chi connectivity index (χ4n) is 3.52. The first-order valence-corrected chi connectivity index (χ1v) is 12.0. The largest absolute Gasteiger partial charge is 0.192 e. The minimum absolute atomic E-state index is 0.840. The smallest absolute Gasteiger partial charge is 0.108 e. The summed E-state index contributed by atoms with van der Waals surface area (Å²) < 4.78 is 0.840. The Labute approximate surface area is 176 Å². The summed E-state index contributed by atoms with van der Waals surface area (Å²) >= 11 is 1.59. The van der Waals surface area contributed by atoms with Crippen LogP contribution in [-0.2, 0) is 0 Å². The van der Waals surface area contributed by atoms with E-state index in [4.69, 9.17) is 0 Å². The van der Waals surface area contributed by atoms with Gasteiger partial charge in [0.05, 0.1) is 4.63 Å². The lowest BCUT2D eigenvalue weighted by Crippen LogP contribution is -2.29. The Morgan fingerprint density at radius 2 is 0.897 bits per heavy atom. The summed E-state index contributed by atoms with van der Waals surface area (Å²) in [6, 6.07) is 44.3. The predicted molar refractivity (Wildman–Crippen MR) is 128 cm³/mol. The van der Waals surface area contributed by atoms with E-state index in [-0.39, 0.29) is 0 Å². The molecule has 0 saturated heterocycles. The Morgan fingerprint density at radius 1 is 0.552 bits per heavy atom. The number of nitrogens with zero attached hydrogens (tertiary/aromatic N) is 1. The maximum absolute atomic E-state index is 10.4. The van der Waals surface area contributed by atoms with E-state index < -0.39 is 6.89 Å². The summed E-state index contributed by atoms with van der Waals surface area (Å²) in [5, 5.41) is 14.0. The Balaban J connectivity index is 2.14. The van der Waals surface area contributed by atoms with Crippen molar-refractivity contribution < 1.29 is 0 Å². The second kappa shape index (κ2) is 9.01. The molecule has 0 amide bonds. The molecule has 29 heavy (non-hydrogen) atoms.